The number of rotatable bonds is 2. The van der Waals surface area contributed by atoms with Crippen molar-refractivity contribution < 1.29 is 4.79 Å². The van der Waals surface area contributed by atoms with E-state index in [9.17, 15) is 4.79 Å². The third-order valence-electron chi connectivity index (χ3n) is 4.70. The molecule has 1 unspecified atom stereocenters. The number of aromatic nitrogens is 3. The molecule has 0 radical (unpaired) electrons. The Kier molecular flexibility index (Phi) is 3.51. The number of carbonyl (C=O) groups is 1. The molecule has 1 saturated heterocycles. The first-order valence-electron chi connectivity index (χ1n) is 7.64. The van der Waals surface area contributed by atoms with Crippen molar-refractivity contribution in [1.82, 2.24) is 19.7 Å². The highest BCUT2D eigenvalue weighted by molar-refractivity contribution is 5.91. The minimum Gasteiger partial charge on any atom is -0.335 e. The van der Waals surface area contributed by atoms with Crippen LogP contribution >= 0.6 is 0 Å². The van der Waals surface area contributed by atoms with Crippen LogP contribution in [0.5, 0.6) is 0 Å². The molecule has 0 bridgehead atoms. The molecule has 0 aliphatic carbocycles. The van der Waals surface area contributed by atoms with Crippen molar-refractivity contribution in [3.05, 3.63) is 36.2 Å². The van der Waals surface area contributed by atoms with Gasteiger partial charge in [0.05, 0.1) is 0 Å². The van der Waals surface area contributed by atoms with Gasteiger partial charge in [-0.25, -0.2) is 9.67 Å². The van der Waals surface area contributed by atoms with Gasteiger partial charge in [0.25, 0.3) is 5.91 Å². The topological polar surface area (TPSA) is 51.0 Å². The van der Waals surface area contributed by atoms with Gasteiger partial charge < -0.3 is 4.90 Å². The summed E-state index contributed by atoms with van der Waals surface area (Å²) >= 11 is 0. The van der Waals surface area contributed by atoms with Crippen LogP contribution in [0.4, 0.5) is 0 Å². The van der Waals surface area contributed by atoms with Gasteiger partial charge in [0, 0.05) is 25.7 Å². The zero-order chi connectivity index (χ0) is 15.9. The van der Waals surface area contributed by atoms with Crippen LogP contribution in [-0.2, 0) is 7.05 Å². The number of aryl methyl sites for hydroxylation is 1. The van der Waals surface area contributed by atoms with E-state index in [1.54, 1.807) is 4.68 Å². The second kappa shape index (κ2) is 5.23. The molecule has 1 fully saturated rings. The van der Waals surface area contributed by atoms with Gasteiger partial charge >= 0.3 is 0 Å². The number of amides is 1. The lowest BCUT2D eigenvalue weighted by Crippen LogP contribution is -2.31. The third-order valence-corrected chi connectivity index (χ3v) is 4.70. The van der Waals surface area contributed by atoms with Crippen LogP contribution in [0.3, 0.4) is 0 Å². The molecule has 22 heavy (non-hydrogen) atoms. The number of benzene rings is 1. The van der Waals surface area contributed by atoms with E-state index in [1.807, 2.05) is 42.3 Å². The third kappa shape index (κ3) is 2.51. The number of carbonyl (C=O) groups excluding carboxylic acids is 1. The second-order valence-corrected chi connectivity index (χ2v) is 6.82. The monoisotopic (exact) mass is 298 g/mol. The zero-order valence-electron chi connectivity index (χ0n) is 13.6. The predicted molar refractivity (Wildman–Crippen MR) is 85.3 cm³/mol. The van der Waals surface area contributed by atoms with Crippen LogP contribution in [0.2, 0.25) is 0 Å². The Morgan fingerprint density at radius 3 is 2.55 bits per heavy atom. The van der Waals surface area contributed by atoms with Gasteiger partial charge in [-0.05, 0) is 11.3 Å². The average molecular weight is 298 g/mol. The number of nitrogens with zero attached hydrogens (tertiary/aromatic N) is 4. The van der Waals surface area contributed by atoms with Crippen LogP contribution in [0.15, 0.2) is 30.3 Å². The molecule has 3 rings (SSSR count). The van der Waals surface area contributed by atoms with Gasteiger partial charge in [0.2, 0.25) is 5.82 Å². The highest BCUT2D eigenvalue weighted by Gasteiger charge is 2.39. The first-order valence-corrected chi connectivity index (χ1v) is 7.64. The van der Waals surface area contributed by atoms with Crippen LogP contribution in [0, 0.1) is 11.3 Å². The van der Waals surface area contributed by atoms with Crippen LogP contribution in [0.25, 0.3) is 11.4 Å². The predicted octanol–water partition coefficient (Wildman–Crippen LogP) is 2.60. The smallest absolute Gasteiger partial charge is 0.293 e. The number of hydrogen-bond acceptors (Lipinski definition) is 3. The van der Waals surface area contributed by atoms with E-state index in [2.05, 4.69) is 30.9 Å². The lowest BCUT2D eigenvalue weighted by Gasteiger charge is -2.21. The minimum atomic E-state index is -0.0739. The summed E-state index contributed by atoms with van der Waals surface area (Å²) in [5, 5.41) is 4.32. The lowest BCUT2D eigenvalue weighted by atomic mass is 9.84. The van der Waals surface area contributed by atoms with E-state index < -0.39 is 0 Å². The highest BCUT2D eigenvalue weighted by Crippen LogP contribution is 2.35. The summed E-state index contributed by atoms with van der Waals surface area (Å²) in [6.07, 6.45) is 0. The normalized spacial score (nSPS) is 20.4. The quantitative estimate of drug-likeness (QED) is 0.856. The average Bonchev–Trinajstić information content (AvgIpc) is 3.00. The molecule has 0 saturated carbocycles. The lowest BCUT2D eigenvalue weighted by molar-refractivity contribution is 0.0765. The van der Waals surface area contributed by atoms with Gasteiger partial charge in [0.1, 0.15) is 0 Å². The fourth-order valence-corrected chi connectivity index (χ4v) is 2.90. The fraction of sp³-hybridized carbons (Fsp3) is 0.471. The van der Waals surface area contributed by atoms with Crippen molar-refractivity contribution in [2.45, 2.75) is 20.8 Å². The summed E-state index contributed by atoms with van der Waals surface area (Å²) in [7, 11) is 1.82. The Labute approximate surface area is 131 Å². The Morgan fingerprint density at radius 1 is 1.27 bits per heavy atom. The molecular weight excluding hydrogens is 276 g/mol. The summed E-state index contributed by atoms with van der Waals surface area (Å²) in [6.45, 7) is 8.11. The van der Waals surface area contributed by atoms with E-state index in [-0.39, 0.29) is 17.1 Å². The van der Waals surface area contributed by atoms with E-state index >= 15 is 0 Å². The second-order valence-electron chi connectivity index (χ2n) is 6.82. The summed E-state index contributed by atoms with van der Waals surface area (Å²) in [6, 6.07) is 9.81. The Hall–Kier alpha value is -2.17. The molecule has 5 nitrogen and oxygen atoms in total. The van der Waals surface area contributed by atoms with E-state index in [4.69, 9.17) is 0 Å². The van der Waals surface area contributed by atoms with Gasteiger partial charge in [-0.1, -0.05) is 51.1 Å². The van der Waals surface area contributed by atoms with Crippen LogP contribution < -0.4 is 0 Å². The molecule has 2 heterocycles. The molecule has 1 atom stereocenters. The summed E-state index contributed by atoms with van der Waals surface area (Å²) in [5.41, 5.74) is 1.11. The number of hydrogen-bond donors (Lipinski definition) is 0. The van der Waals surface area contributed by atoms with Crippen molar-refractivity contribution in [2.24, 2.45) is 18.4 Å². The standard InChI is InChI=1S/C17H22N4O/c1-12-10-21(11-17(12,2)3)16(22)14-18-15(20(4)19-14)13-8-6-5-7-9-13/h5-9,12H,10-11H2,1-4H3. The number of likely N-dealkylation sites (tertiary alicyclic amines) is 1. The SMILES string of the molecule is CC1CN(C(=O)c2nc(-c3ccccc3)n(C)n2)CC1(C)C. The fourth-order valence-electron chi connectivity index (χ4n) is 2.90. The molecule has 1 aliphatic heterocycles. The summed E-state index contributed by atoms with van der Waals surface area (Å²) in [4.78, 5) is 19.0. The molecule has 1 aliphatic rings. The zero-order valence-corrected chi connectivity index (χ0v) is 13.6. The van der Waals surface area contributed by atoms with Crippen molar-refractivity contribution in [3.63, 3.8) is 0 Å². The first-order chi connectivity index (χ1) is 10.4. The van der Waals surface area contributed by atoms with E-state index in [0.717, 1.165) is 24.5 Å². The first kappa shape index (κ1) is 14.8. The Morgan fingerprint density at radius 2 is 1.95 bits per heavy atom. The van der Waals surface area contributed by atoms with Crippen molar-refractivity contribution in [1.29, 1.82) is 0 Å². The van der Waals surface area contributed by atoms with Crippen molar-refractivity contribution in [2.75, 3.05) is 13.1 Å². The maximum atomic E-state index is 12.7. The molecule has 1 amide bonds. The molecule has 1 aromatic carbocycles. The molecule has 0 spiro atoms. The Bertz CT molecular complexity index is 690. The van der Waals surface area contributed by atoms with Gasteiger partial charge in [-0.3, -0.25) is 4.79 Å². The maximum absolute atomic E-state index is 12.7. The van der Waals surface area contributed by atoms with E-state index in [0.29, 0.717) is 5.92 Å². The maximum Gasteiger partial charge on any atom is 0.293 e. The van der Waals surface area contributed by atoms with Crippen molar-refractivity contribution >= 4 is 5.91 Å². The van der Waals surface area contributed by atoms with Gasteiger partial charge in [-0.2, -0.15) is 0 Å². The van der Waals surface area contributed by atoms with E-state index in [1.165, 1.54) is 0 Å². The molecular formula is C17H22N4O. The largest absolute Gasteiger partial charge is 0.335 e. The molecule has 2 aromatic rings. The molecule has 1 aromatic heterocycles. The van der Waals surface area contributed by atoms with Crippen molar-refractivity contribution in [3.8, 4) is 11.4 Å². The minimum absolute atomic E-state index is 0.0739. The highest BCUT2D eigenvalue weighted by atomic mass is 16.2. The van der Waals surface area contributed by atoms with Crippen LogP contribution in [-0.4, -0.2) is 38.7 Å². The summed E-state index contributed by atoms with van der Waals surface area (Å²) in [5.74, 6) is 1.41. The molecule has 5 heteroatoms. The summed E-state index contributed by atoms with van der Waals surface area (Å²) < 4.78 is 1.67. The molecule has 116 valence electrons. The van der Waals surface area contributed by atoms with Gasteiger partial charge in [0.15, 0.2) is 5.82 Å². The Balaban J connectivity index is 1.86. The molecule has 0 N–H and O–H groups in total. The van der Waals surface area contributed by atoms with Crippen LogP contribution in [0.1, 0.15) is 31.4 Å². The van der Waals surface area contributed by atoms with Gasteiger partial charge in [-0.15, -0.1) is 5.10 Å².